The lowest BCUT2D eigenvalue weighted by molar-refractivity contribution is -0.122. The van der Waals surface area contributed by atoms with Gasteiger partial charge in [-0.3, -0.25) is 9.69 Å². The van der Waals surface area contributed by atoms with Crippen LogP contribution in [0.1, 0.15) is 36.8 Å². The number of hydrogen-bond acceptors (Lipinski definition) is 4. The number of nitrogens with two attached hydrogens (primary N) is 1. The molecule has 1 saturated carbocycles. The Morgan fingerprint density at radius 1 is 1.44 bits per heavy atom. The number of ether oxygens (including phenoxy) is 1. The predicted molar refractivity (Wildman–Crippen MR) is 95.5 cm³/mol. The van der Waals surface area contributed by atoms with Crippen LogP contribution >= 0.6 is 0 Å². The van der Waals surface area contributed by atoms with E-state index in [1.807, 2.05) is 6.07 Å². The number of piperidine rings is 1. The second-order valence-corrected chi connectivity index (χ2v) is 8.07. The molecule has 25 heavy (non-hydrogen) atoms. The molecule has 1 aliphatic heterocycles. The van der Waals surface area contributed by atoms with E-state index in [1.54, 1.807) is 7.11 Å². The highest BCUT2D eigenvalue weighted by atomic mass is 16.5. The summed E-state index contributed by atoms with van der Waals surface area (Å²) in [5.74, 6) is 1.38. The molecule has 2 bridgehead atoms. The first kappa shape index (κ1) is 16.9. The standard InChI is InChI=1S/C20H28N2O3/c1-25-15-5-4-14-8-18-17(12-23)20(10-19(21)24,16(14)9-15)6-7-22(18)11-13-2-3-13/h4-5,9,13,17-18,23H,2-3,6-8,10-12H2,1H3,(H2,21,24)/t17-,18+,20?/m0/s1. The number of primary amides is 1. The molecule has 1 amide bonds. The average molecular weight is 344 g/mol. The molecule has 2 aliphatic carbocycles. The first-order chi connectivity index (χ1) is 12.1. The third-order valence-electron chi connectivity index (χ3n) is 6.65. The van der Waals surface area contributed by atoms with Gasteiger partial charge in [-0.25, -0.2) is 0 Å². The largest absolute Gasteiger partial charge is 0.497 e. The van der Waals surface area contributed by atoms with E-state index < -0.39 is 0 Å². The van der Waals surface area contributed by atoms with Crippen molar-refractivity contribution in [2.45, 2.75) is 43.6 Å². The normalized spacial score (nSPS) is 31.4. The average Bonchev–Trinajstić information content (AvgIpc) is 3.40. The molecule has 0 radical (unpaired) electrons. The number of benzene rings is 1. The molecule has 4 rings (SSSR count). The van der Waals surface area contributed by atoms with Crippen molar-refractivity contribution in [3.63, 3.8) is 0 Å². The summed E-state index contributed by atoms with van der Waals surface area (Å²) < 4.78 is 5.43. The van der Waals surface area contributed by atoms with E-state index in [-0.39, 0.29) is 23.8 Å². The van der Waals surface area contributed by atoms with Gasteiger partial charge >= 0.3 is 0 Å². The summed E-state index contributed by atoms with van der Waals surface area (Å²) in [7, 11) is 1.66. The van der Waals surface area contributed by atoms with Crippen molar-refractivity contribution in [3.8, 4) is 5.75 Å². The summed E-state index contributed by atoms with van der Waals surface area (Å²) >= 11 is 0. The summed E-state index contributed by atoms with van der Waals surface area (Å²) in [6.45, 7) is 2.19. The van der Waals surface area contributed by atoms with Crippen LogP contribution in [-0.2, 0) is 16.6 Å². The van der Waals surface area contributed by atoms with Crippen LogP contribution < -0.4 is 10.5 Å². The first-order valence-electron chi connectivity index (χ1n) is 9.38. The topological polar surface area (TPSA) is 75.8 Å². The molecule has 1 aromatic rings. The second-order valence-electron chi connectivity index (χ2n) is 8.07. The molecule has 1 unspecified atom stereocenters. The van der Waals surface area contributed by atoms with Gasteiger partial charge in [-0.15, -0.1) is 0 Å². The Kier molecular flexibility index (Phi) is 4.24. The highest BCUT2D eigenvalue weighted by Gasteiger charge is 2.54. The van der Waals surface area contributed by atoms with Gasteiger partial charge in [0, 0.05) is 36.9 Å². The van der Waals surface area contributed by atoms with Gasteiger partial charge in [0.15, 0.2) is 0 Å². The Bertz CT molecular complexity index is 673. The highest BCUT2D eigenvalue weighted by molar-refractivity contribution is 5.76. The smallest absolute Gasteiger partial charge is 0.218 e. The van der Waals surface area contributed by atoms with Gasteiger partial charge in [0.25, 0.3) is 0 Å². The second kappa shape index (κ2) is 6.29. The molecule has 1 aromatic carbocycles. The van der Waals surface area contributed by atoms with Crippen molar-refractivity contribution >= 4 is 5.91 Å². The Hall–Kier alpha value is -1.59. The Labute approximate surface area is 149 Å². The van der Waals surface area contributed by atoms with Crippen molar-refractivity contribution in [2.24, 2.45) is 17.6 Å². The zero-order valence-corrected chi connectivity index (χ0v) is 14.9. The van der Waals surface area contributed by atoms with Crippen LogP contribution in [0.25, 0.3) is 0 Å². The minimum atomic E-state index is -0.368. The third-order valence-corrected chi connectivity index (χ3v) is 6.65. The number of nitrogens with zero attached hydrogens (tertiary/aromatic N) is 1. The molecule has 2 fully saturated rings. The fourth-order valence-electron chi connectivity index (χ4n) is 5.25. The maximum absolute atomic E-state index is 12.0. The molecule has 3 N–H and O–H groups in total. The fraction of sp³-hybridized carbons (Fsp3) is 0.650. The van der Waals surface area contributed by atoms with E-state index in [1.165, 1.54) is 18.4 Å². The summed E-state index contributed by atoms with van der Waals surface area (Å²) in [6.07, 6.45) is 4.74. The van der Waals surface area contributed by atoms with Gasteiger partial charge in [-0.05, 0) is 61.4 Å². The molecule has 5 heteroatoms. The van der Waals surface area contributed by atoms with Gasteiger partial charge < -0.3 is 15.6 Å². The Morgan fingerprint density at radius 3 is 2.88 bits per heavy atom. The zero-order valence-electron chi connectivity index (χ0n) is 14.9. The van der Waals surface area contributed by atoms with Gasteiger partial charge in [0.2, 0.25) is 5.91 Å². The van der Waals surface area contributed by atoms with Crippen molar-refractivity contribution in [2.75, 3.05) is 26.8 Å². The fourth-order valence-corrected chi connectivity index (χ4v) is 5.25. The molecule has 136 valence electrons. The van der Waals surface area contributed by atoms with Gasteiger partial charge in [-0.2, -0.15) is 0 Å². The minimum Gasteiger partial charge on any atom is -0.497 e. The number of rotatable bonds is 6. The number of carbonyl (C=O) groups is 1. The van der Waals surface area contributed by atoms with Crippen LogP contribution in [0, 0.1) is 11.8 Å². The minimum absolute atomic E-state index is 0.0482. The number of fused-ring (bicyclic) bond motifs is 4. The monoisotopic (exact) mass is 344 g/mol. The molecule has 3 atom stereocenters. The lowest BCUT2D eigenvalue weighted by Gasteiger charge is -2.56. The maximum atomic E-state index is 12.0. The molecular weight excluding hydrogens is 316 g/mol. The molecule has 5 nitrogen and oxygen atoms in total. The quantitative estimate of drug-likeness (QED) is 0.819. The SMILES string of the molecule is COc1ccc2c(c1)C1(CC(N)=O)CCN(CC3CC3)[C@H](C2)[C@@H]1CO. The molecular formula is C20H28N2O3. The summed E-state index contributed by atoms with van der Waals surface area (Å²) in [5, 5.41) is 10.3. The predicted octanol–water partition coefficient (Wildman–Crippen LogP) is 1.46. The van der Waals surface area contributed by atoms with Crippen molar-refractivity contribution in [3.05, 3.63) is 29.3 Å². The Morgan fingerprint density at radius 2 is 2.24 bits per heavy atom. The van der Waals surface area contributed by atoms with Crippen molar-refractivity contribution in [1.82, 2.24) is 4.90 Å². The first-order valence-corrected chi connectivity index (χ1v) is 9.38. The molecule has 0 spiro atoms. The van der Waals surface area contributed by atoms with Gasteiger partial charge in [-0.1, -0.05) is 6.07 Å². The maximum Gasteiger partial charge on any atom is 0.218 e. The number of hydrogen-bond donors (Lipinski definition) is 2. The van der Waals surface area contributed by atoms with Gasteiger partial charge in [0.05, 0.1) is 7.11 Å². The highest BCUT2D eigenvalue weighted by Crippen LogP contribution is 2.52. The summed E-state index contributed by atoms with van der Waals surface area (Å²) in [6, 6.07) is 6.48. The summed E-state index contributed by atoms with van der Waals surface area (Å²) in [5.41, 5.74) is 7.73. The summed E-state index contributed by atoms with van der Waals surface area (Å²) in [4.78, 5) is 14.5. The van der Waals surface area contributed by atoms with Gasteiger partial charge in [0.1, 0.15) is 5.75 Å². The number of aliphatic hydroxyl groups is 1. The molecule has 1 heterocycles. The van der Waals surface area contributed by atoms with Crippen LogP contribution in [0.3, 0.4) is 0 Å². The number of amides is 1. The Balaban J connectivity index is 1.78. The van der Waals surface area contributed by atoms with Crippen LogP contribution in [0.5, 0.6) is 5.75 Å². The molecule has 1 saturated heterocycles. The van der Waals surface area contributed by atoms with Crippen LogP contribution in [0.2, 0.25) is 0 Å². The van der Waals surface area contributed by atoms with E-state index >= 15 is 0 Å². The number of aliphatic hydroxyl groups excluding tert-OH is 1. The number of methoxy groups -OCH3 is 1. The lowest BCUT2D eigenvalue weighted by Crippen LogP contribution is -2.62. The number of likely N-dealkylation sites (tertiary alicyclic amines) is 1. The van der Waals surface area contributed by atoms with E-state index in [9.17, 15) is 9.90 Å². The van der Waals surface area contributed by atoms with Crippen LogP contribution in [0.15, 0.2) is 18.2 Å². The van der Waals surface area contributed by atoms with E-state index in [2.05, 4.69) is 17.0 Å². The third kappa shape index (κ3) is 2.83. The molecule has 3 aliphatic rings. The van der Waals surface area contributed by atoms with E-state index in [0.717, 1.165) is 43.2 Å². The van der Waals surface area contributed by atoms with Crippen LogP contribution in [-0.4, -0.2) is 48.8 Å². The van der Waals surface area contributed by atoms with E-state index in [4.69, 9.17) is 10.5 Å². The zero-order chi connectivity index (χ0) is 17.6. The van der Waals surface area contributed by atoms with Crippen molar-refractivity contribution in [1.29, 1.82) is 0 Å². The lowest BCUT2D eigenvalue weighted by atomic mass is 9.56. The van der Waals surface area contributed by atoms with Crippen LogP contribution in [0.4, 0.5) is 0 Å². The van der Waals surface area contributed by atoms with Crippen molar-refractivity contribution < 1.29 is 14.6 Å². The molecule has 0 aromatic heterocycles. The van der Waals surface area contributed by atoms with E-state index in [0.29, 0.717) is 12.5 Å². The number of carbonyl (C=O) groups excluding carboxylic acids is 1.